The third-order valence-electron chi connectivity index (χ3n) is 2.94. The predicted octanol–water partition coefficient (Wildman–Crippen LogP) is 2.59. The summed E-state index contributed by atoms with van der Waals surface area (Å²) < 4.78 is 23.5. The van der Waals surface area contributed by atoms with E-state index in [1.54, 1.807) is 13.2 Å². The maximum atomic E-state index is 13.5. The highest BCUT2D eigenvalue weighted by atomic mass is 19.1. The first kappa shape index (κ1) is 14.9. The topological polar surface area (TPSA) is 30.5 Å². The summed E-state index contributed by atoms with van der Waals surface area (Å²) >= 11 is 0. The van der Waals surface area contributed by atoms with Crippen LogP contribution in [-0.2, 0) is 11.3 Å². The van der Waals surface area contributed by atoms with Crippen LogP contribution in [0.2, 0.25) is 0 Å². The molecule has 1 aromatic carbocycles. The van der Waals surface area contributed by atoms with Crippen molar-refractivity contribution in [1.29, 1.82) is 0 Å². The highest BCUT2D eigenvalue weighted by Crippen LogP contribution is 2.17. The quantitative estimate of drug-likeness (QED) is 0.812. The van der Waals surface area contributed by atoms with E-state index in [0.717, 1.165) is 5.56 Å². The highest BCUT2D eigenvalue weighted by molar-refractivity contribution is 5.29. The van der Waals surface area contributed by atoms with Gasteiger partial charge < -0.3 is 14.8 Å². The van der Waals surface area contributed by atoms with E-state index >= 15 is 0 Å². The minimum Gasteiger partial charge on any atom is -0.494 e. The molecule has 3 nitrogen and oxygen atoms in total. The van der Waals surface area contributed by atoms with E-state index in [1.165, 1.54) is 13.2 Å². The minimum atomic E-state index is -0.329. The number of ether oxygens (including phenoxy) is 2. The lowest BCUT2D eigenvalue weighted by molar-refractivity contribution is 0.146. The molecule has 0 amide bonds. The predicted molar refractivity (Wildman–Crippen MR) is 70.3 cm³/mol. The van der Waals surface area contributed by atoms with Crippen LogP contribution in [0.15, 0.2) is 18.2 Å². The van der Waals surface area contributed by atoms with Crippen molar-refractivity contribution in [3.63, 3.8) is 0 Å². The molecular formula is C14H22FNO2. The molecule has 0 fully saturated rings. The van der Waals surface area contributed by atoms with Gasteiger partial charge in [0, 0.05) is 19.7 Å². The van der Waals surface area contributed by atoms with Crippen LogP contribution in [0.1, 0.15) is 19.4 Å². The first-order valence-electron chi connectivity index (χ1n) is 6.13. The van der Waals surface area contributed by atoms with Gasteiger partial charge in [-0.3, -0.25) is 0 Å². The average Bonchev–Trinajstić information content (AvgIpc) is 2.34. The van der Waals surface area contributed by atoms with E-state index in [9.17, 15) is 4.39 Å². The molecule has 0 saturated carbocycles. The van der Waals surface area contributed by atoms with E-state index in [-0.39, 0.29) is 17.6 Å². The Kier molecular flexibility index (Phi) is 6.09. The molecule has 4 heteroatoms. The van der Waals surface area contributed by atoms with Crippen molar-refractivity contribution >= 4 is 0 Å². The second-order valence-corrected chi connectivity index (χ2v) is 4.66. The van der Waals surface area contributed by atoms with E-state index in [1.807, 2.05) is 6.07 Å². The van der Waals surface area contributed by atoms with Crippen molar-refractivity contribution in [2.24, 2.45) is 5.92 Å². The van der Waals surface area contributed by atoms with Crippen LogP contribution in [0.25, 0.3) is 0 Å². The van der Waals surface area contributed by atoms with E-state index in [0.29, 0.717) is 19.1 Å². The number of rotatable bonds is 7. The number of benzene rings is 1. The molecule has 0 saturated heterocycles. The fourth-order valence-corrected chi connectivity index (χ4v) is 1.74. The van der Waals surface area contributed by atoms with E-state index < -0.39 is 0 Å². The zero-order valence-electron chi connectivity index (χ0n) is 11.5. The van der Waals surface area contributed by atoms with Gasteiger partial charge in [0.2, 0.25) is 0 Å². The SMILES string of the molecule is COCC(NCc1ccc(OC)c(F)c1)C(C)C. The molecular weight excluding hydrogens is 233 g/mol. The number of methoxy groups -OCH3 is 2. The van der Waals surface area contributed by atoms with Crippen molar-refractivity contribution < 1.29 is 13.9 Å². The number of hydrogen-bond donors (Lipinski definition) is 1. The molecule has 1 N–H and O–H groups in total. The molecule has 0 spiro atoms. The molecule has 1 aromatic rings. The Morgan fingerprint density at radius 3 is 2.50 bits per heavy atom. The van der Waals surface area contributed by atoms with Crippen LogP contribution in [-0.4, -0.2) is 26.9 Å². The van der Waals surface area contributed by atoms with E-state index in [4.69, 9.17) is 9.47 Å². The van der Waals surface area contributed by atoms with Crippen LogP contribution in [0, 0.1) is 11.7 Å². The van der Waals surface area contributed by atoms with Gasteiger partial charge in [0.1, 0.15) is 0 Å². The van der Waals surface area contributed by atoms with Crippen molar-refractivity contribution in [1.82, 2.24) is 5.32 Å². The number of nitrogens with one attached hydrogen (secondary N) is 1. The Hall–Kier alpha value is -1.13. The van der Waals surface area contributed by atoms with Gasteiger partial charge in [-0.25, -0.2) is 4.39 Å². The molecule has 0 heterocycles. The standard InChI is InChI=1S/C14H22FNO2/c1-10(2)13(9-17-3)16-8-11-5-6-14(18-4)12(15)7-11/h5-7,10,13,16H,8-9H2,1-4H3. The monoisotopic (exact) mass is 255 g/mol. The number of hydrogen-bond acceptors (Lipinski definition) is 3. The van der Waals surface area contributed by atoms with Gasteiger partial charge in [-0.15, -0.1) is 0 Å². The van der Waals surface area contributed by atoms with E-state index in [2.05, 4.69) is 19.2 Å². The van der Waals surface area contributed by atoms with Crippen molar-refractivity contribution in [3.8, 4) is 5.75 Å². The van der Waals surface area contributed by atoms with Gasteiger partial charge in [-0.05, 0) is 23.6 Å². The zero-order valence-corrected chi connectivity index (χ0v) is 11.5. The Labute approximate surface area is 108 Å². The summed E-state index contributed by atoms with van der Waals surface area (Å²) in [7, 11) is 3.15. The molecule has 0 aliphatic carbocycles. The van der Waals surface area contributed by atoms with Gasteiger partial charge in [0.05, 0.1) is 13.7 Å². The fourth-order valence-electron chi connectivity index (χ4n) is 1.74. The van der Waals surface area contributed by atoms with Crippen LogP contribution in [0.4, 0.5) is 4.39 Å². The fraction of sp³-hybridized carbons (Fsp3) is 0.571. The average molecular weight is 255 g/mol. The molecule has 1 atom stereocenters. The Morgan fingerprint density at radius 2 is 2.00 bits per heavy atom. The third kappa shape index (κ3) is 4.27. The van der Waals surface area contributed by atoms with Gasteiger partial charge in [0.15, 0.2) is 11.6 Å². The van der Waals surface area contributed by atoms with Crippen LogP contribution >= 0.6 is 0 Å². The minimum absolute atomic E-state index is 0.264. The lowest BCUT2D eigenvalue weighted by atomic mass is 10.0. The number of halogens is 1. The molecule has 0 radical (unpaired) electrons. The lowest BCUT2D eigenvalue weighted by Crippen LogP contribution is -2.37. The lowest BCUT2D eigenvalue weighted by Gasteiger charge is -2.21. The molecule has 102 valence electrons. The summed E-state index contributed by atoms with van der Waals surface area (Å²) in [6, 6.07) is 5.27. The normalized spacial score (nSPS) is 12.8. The van der Waals surface area contributed by atoms with Crippen molar-refractivity contribution in [3.05, 3.63) is 29.6 Å². The van der Waals surface area contributed by atoms with Crippen LogP contribution < -0.4 is 10.1 Å². The molecule has 1 rings (SSSR count). The molecule has 0 bridgehead atoms. The summed E-state index contributed by atoms with van der Waals surface area (Å²) in [6.45, 7) is 5.53. The molecule has 0 aliphatic heterocycles. The van der Waals surface area contributed by atoms with Crippen molar-refractivity contribution in [2.45, 2.75) is 26.4 Å². The first-order valence-corrected chi connectivity index (χ1v) is 6.13. The summed E-state index contributed by atoms with van der Waals surface area (Å²) in [5, 5.41) is 3.37. The first-order chi connectivity index (χ1) is 8.58. The van der Waals surface area contributed by atoms with Gasteiger partial charge in [0.25, 0.3) is 0 Å². The summed E-state index contributed by atoms with van der Waals surface area (Å²) in [4.78, 5) is 0. The Bertz CT molecular complexity index is 369. The van der Waals surface area contributed by atoms with Crippen LogP contribution in [0.5, 0.6) is 5.75 Å². The Balaban J connectivity index is 2.59. The smallest absolute Gasteiger partial charge is 0.165 e. The van der Waals surface area contributed by atoms with Gasteiger partial charge >= 0.3 is 0 Å². The van der Waals surface area contributed by atoms with Gasteiger partial charge in [-0.1, -0.05) is 19.9 Å². The van der Waals surface area contributed by atoms with Crippen LogP contribution in [0.3, 0.4) is 0 Å². The summed E-state index contributed by atoms with van der Waals surface area (Å²) in [5.74, 6) is 0.411. The second-order valence-electron chi connectivity index (χ2n) is 4.66. The second kappa shape index (κ2) is 7.34. The summed E-state index contributed by atoms with van der Waals surface area (Å²) in [5.41, 5.74) is 0.898. The maximum absolute atomic E-state index is 13.5. The molecule has 18 heavy (non-hydrogen) atoms. The summed E-state index contributed by atoms with van der Waals surface area (Å²) in [6.07, 6.45) is 0. The molecule has 1 unspecified atom stereocenters. The molecule has 0 aromatic heterocycles. The largest absolute Gasteiger partial charge is 0.494 e. The Morgan fingerprint density at radius 1 is 1.28 bits per heavy atom. The zero-order chi connectivity index (χ0) is 13.5. The third-order valence-corrected chi connectivity index (χ3v) is 2.94. The molecule has 0 aliphatic rings. The van der Waals surface area contributed by atoms with Gasteiger partial charge in [-0.2, -0.15) is 0 Å². The maximum Gasteiger partial charge on any atom is 0.165 e. The van der Waals surface area contributed by atoms with Crippen molar-refractivity contribution in [2.75, 3.05) is 20.8 Å². The highest BCUT2D eigenvalue weighted by Gasteiger charge is 2.12.